The molecule has 2 unspecified atom stereocenters. The quantitative estimate of drug-likeness (QED) is 0.225. The predicted molar refractivity (Wildman–Crippen MR) is 162 cm³/mol. The van der Waals surface area contributed by atoms with Gasteiger partial charge in [0.2, 0.25) is 6.71 Å². The third-order valence-electron chi connectivity index (χ3n) is 10.8. The van der Waals surface area contributed by atoms with Crippen LogP contribution in [0.15, 0.2) is 97.1 Å². The lowest BCUT2D eigenvalue weighted by atomic mass is 9.37. The number of fused-ring (bicyclic) bond motifs is 10. The highest BCUT2D eigenvalue weighted by Crippen LogP contribution is 2.61. The molecule has 4 aliphatic rings. The monoisotopic (exact) mass is 487 g/mol. The lowest BCUT2D eigenvalue weighted by Crippen LogP contribution is -2.60. The minimum Gasteiger partial charge on any atom is -0.335 e. The fourth-order valence-electron chi connectivity index (χ4n) is 8.83. The normalized spacial score (nSPS) is 23.7. The van der Waals surface area contributed by atoms with Gasteiger partial charge in [0, 0.05) is 16.8 Å². The van der Waals surface area contributed by atoms with Gasteiger partial charge in [-0.2, -0.15) is 0 Å². The summed E-state index contributed by atoms with van der Waals surface area (Å²) in [5.41, 5.74) is 14.8. The third-order valence-corrected chi connectivity index (χ3v) is 10.8. The van der Waals surface area contributed by atoms with E-state index in [2.05, 4.69) is 116 Å². The standard InChI is InChI=1S/C36H30BN/c1-35-19-8-9-20-36(35,2)38-31-22-25-13-6-7-14-26(25)32-27-21-24(23-11-4-3-5-12-23)17-18-29(27)37(33(31)32)30-16-10-15-28(35)34(30)38/h3-7,10-18,21-22H,8-9,19-20H2,1-2H3. The zero-order valence-corrected chi connectivity index (χ0v) is 22.1. The molecule has 2 atom stereocenters. The van der Waals surface area contributed by atoms with Crippen molar-refractivity contribution in [3.63, 3.8) is 0 Å². The van der Waals surface area contributed by atoms with Crippen LogP contribution >= 0.6 is 0 Å². The lowest BCUT2D eigenvalue weighted by molar-refractivity contribution is 0.195. The van der Waals surface area contributed by atoms with Crippen LogP contribution in [0.3, 0.4) is 0 Å². The maximum atomic E-state index is 2.82. The van der Waals surface area contributed by atoms with E-state index in [1.54, 1.807) is 5.56 Å². The molecule has 5 aromatic carbocycles. The molecule has 0 amide bonds. The summed E-state index contributed by atoms with van der Waals surface area (Å²) in [6, 6.07) is 36.9. The zero-order valence-electron chi connectivity index (χ0n) is 22.1. The van der Waals surface area contributed by atoms with E-state index in [1.165, 1.54) is 86.5 Å². The smallest absolute Gasteiger partial charge is 0.248 e. The van der Waals surface area contributed by atoms with Crippen LogP contribution < -0.4 is 21.3 Å². The zero-order chi connectivity index (χ0) is 25.2. The van der Waals surface area contributed by atoms with Gasteiger partial charge in [-0.1, -0.05) is 110 Å². The molecule has 0 bridgehead atoms. The summed E-state index contributed by atoms with van der Waals surface area (Å²) in [4.78, 5) is 2.82. The number of nitrogens with zero attached hydrogens (tertiary/aromatic N) is 1. The predicted octanol–water partition coefficient (Wildman–Crippen LogP) is 7.06. The Hall–Kier alpha value is -3.78. The van der Waals surface area contributed by atoms with Gasteiger partial charge in [0.25, 0.3) is 0 Å². The van der Waals surface area contributed by atoms with Crippen molar-refractivity contribution in [1.82, 2.24) is 0 Å². The molecule has 38 heavy (non-hydrogen) atoms. The van der Waals surface area contributed by atoms with Gasteiger partial charge in [0.05, 0.1) is 5.54 Å². The van der Waals surface area contributed by atoms with Crippen LogP contribution in [-0.2, 0) is 5.41 Å². The lowest BCUT2D eigenvalue weighted by Gasteiger charge is -2.51. The van der Waals surface area contributed by atoms with Crippen LogP contribution in [0, 0.1) is 0 Å². The highest BCUT2D eigenvalue weighted by atomic mass is 15.3. The first-order valence-electron chi connectivity index (χ1n) is 14.3. The second kappa shape index (κ2) is 7.00. The summed E-state index contributed by atoms with van der Waals surface area (Å²) in [5, 5.41) is 2.74. The molecule has 1 fully saturated rings. The number of anilines is 2. The largest absolute Gasteiger partial charge is 0.335 e. The van der Waals surface area contributed by atoms with Gasteiger partial charge >= 0.3 is 0 Å². The molecule has 0 radical (unpaired) electrons. The van der Waals surface area contributed by atoms with Crippen molar-refractivity contribution in [3.05, 3.63) is 103 Å². The molecule has 182 valence electrons. The molecule has 3 heterocycles. The third kappa shape index (κ3) is 2.33. The first kappa shape index (κ1) is 21.2. The van der Waals surface area contributed by atoms with Crippen molar-refractivity contribution in [2.75, 3.05) is 4.90 Å². The second-order valence-electron chi connectivity index (χ2n) is 12.4. The van der Waals surface area contributed by atoms with Crippen LogP contribution in [0.4, 0.5) is 11.4 Å². The van der Waals surface area contributed by atoms with Crippen molar-refractivity contribution in [2.45, 2.75) is 50.5 Å². The van der Waals surface area contributed by atoms with E-state index in [9.17, 15) is 0 Å². The number of rotatable bonds is 1. The van der Waals surface area contributed by atoms with Gasteiger partial charge in [-0.25, -0.2) is 0 Å². The van der Waals surface area contributed by atoms with E-state index in [0.717, 1.165) is 0 Å². The van der Waals surface area contributed by atoms with E-state index >= 15 is 0 Å². The van der Waals surface area contributed by atoms with Crippen molar-refractivity contribution in [1.29, 1.82) is 0 Å². The van der Waals surface area contributed by atoms with Crippen LogP contribution in [0.25, 0.3) is 33.0 Å². The molecule has 5 aromatic rings. The fraction of sp³-hybridized carbons (Fsp3) is 0.222. The van der Waals surface area contributed by atoms with Gasteiger partial charge in [0.15, 0.2) is 0 Å². The van der Waals surface area contributed by atoms with Gasteiger partial charge < -0.3 is 4.90 Å². The Kier molecular flexibility index (Phi) is 3.90. The molecule has 0 saturated heterocycles. The van der Waals surface area contributed by atoms with E-state index in [-0.39, 0.29) is 11.0 Å². The Morgan fingerprint density at radius 1 is 0.711 bits per heavy atom. The number of benzene rings is 5. The summed E-state index contributed by atoms with van der Waals surface area (Å²) in [6.07, 6.45) is 5.16. The topological polar surface area (TPSA) is 3.24 Å². The van der Waals surface area contributed by atoms with Crippen LogP contribution in [-0.4, -0.2) is 12.3 Å². The molecular formula is C36H30BN. The van der Waals surface area contributed by atoms with E-state index < -0.39 is 0 Å². The van der Waals surface area contributed by atoms with Crippen LogP contribution in [0.2, 0.25) is 0 Å². The van der Waals surface area contributed by atoms with E-state index in [4.69, 9.17) is 0 Å². The maximum absolute atomic E-state index is 2.82. The first-order chi connectivity index (χ1) is 18.6. The summed E-state index contributed by atoms with van der Waals surface area (Å²) in [7, 11) is 0. The Morgan fingerprint density at radius 2 is 1.53 bits per heavy atom. The molecule has 0 N–H and O–H groups in total. The summed E-state index contributed by atoms with van der Waals surface area (Å²) in [5.74, 6) is 0. The Morgan fingerprint density at radius 3 is 2.42 bits per heavy atom. The summed E-state index contributed by atoms with van der Waals surface area (Å²) < 4.78 is 0. The summed E-state index contributed by atoms with van der Waals surface area (Å²) >= 11 is 0. The Bertz CT molecular complexity index is 1820. The van der Waals surface area contributed by atoms with E-state index in [1.807, 2.05) is 0 Å². The van der Waals surface area contributed by atoms with Crippen LogP contribution in [0.1, 0.15) is 45.1 Å². The minimum atomic E-state index is 0.0921. The van der Waals surface area contributed by atoms with Gasteiger partial charge in [-0.15, -0.1) is 0 Å². The molecular weight excluding hydrogens is 457 g/mol. The number of hydrogen-bond acceptors (Lipinski definition) is 1. The van der Waals surface area contributed by atoms with Gasteiger partial charge in [-0.05, 0) is 81.4 Å². The molecule has 3 aliphatic heterocycles. The van der Waals surface area contributed by atoms with Gasteiger partial charge in [0.1, 0.15) is 0 Å². The maximum Gasteiger partial charge on any atom is 0.248 e. The SMILES string of the molecule is CC12CCCCC1(C)N1c3cc4ccccc4c4c3B(c3ccc(-c5ccccc5)cc3-4)c3cccc2c31. The second-order valence-corrected chi connectivity index (χ2v) is 12.4. The fourth-order valence-corrected chi connectivity index (χ4v) is 8.83. The van der Waals surface area contributed by atoms with Crippen molar-refractivity contribution in [3.8, 4) is 22.3 Å². The van der Waals surface area contributed by atoms with Gasteiger partial charge in [-0.3, -0.25) is 0 Å². The average Bonchev–Trinajstić information content (AvgIpc) is 3.41. The molecule has 9 rings (SSSR count). The minimum absolute atomic E-state index is 0.0921. The molecule has 0 spiro atoms. The average molecular weight is 487 g/mol. The highest BCUT2D eigenvalue weighted by Gasteiger charge is 2.61. The molecule has 2 heteroatoms. The molecule has 1 nitrogen and oxygen atoms in total. The number of hydrogen-bond donors (Lipinski definition) is 0. The molecule has 1 saturated carbocycles. The number of para-hydroxylation sites is 1. The Labute approximate surface area is 225 Å². The van der Waals surface area contributed by atoms with E-state index in [0.29, 0.717) is 6.71 Å². The molecule has 0 aromatic heterocycles. The van der Waals surface area contributed by atoms with Crippen molar-refractivity contribution in [2.24, 2.45) is 0 Å². The molecule has 1 aliphatic carbocycles. The first-order valence-corrected chi connectivity index (χ1v) is 14.3. The van der Waals surface area contributed by atoms with Crippen molar-refractivity contribution < 1.29 is 0 Å². The summed E-state index contributed by atoms with van der Waals surface area (Å²) in [6.45, 7) is 5.42. The highest BCUT2D eigenvalue weighted by molar-refractivity contribution is 7.01. The Balaban J connectivity index is 1.42. The van der Waals surface area contributed by atoms with Crippen LogP contribution in [0.5, 0.6) is 0 Å². The van der Waals surface area contributed by atoms with Crippen molar-refractivity contribution >= 4 is 45.2 Å².